The smallest absolute Gasteiger partial charge is 0.226 e. The average Bonchev–Trinajstić information content (AvgIpc) is 3.42. The summed E-state index contributed by atoms with van der Waals surface area (Å²) in [6.45, 7) is 7.32. The van der Waals surface area contributed by atoms with Crippen LogP contribution in [-0.2, 0) is 16.8 Å². The highest BCUT2D eigenvalue weighted by molar-refractivity contribution is 5.82. The molecule has 1 N–H and O–H groups in total. The van der Waals surface area contributed by atoms with Gasteiger partial charge in [-0.3, -0.25) is 9.69 Å². The molecule has 1 aliphatic heterocycles. The number of likely N-dealkylation sites (tertiary alicyclic amines) is 1. The van der Waals surface area contributed by atoms with Crippen molar-refractivity contribution in [2.24, 2.45) is 11.3 Å². The molecule has 5 rings (SSSR count). The number of methoxy groups -OCH3 is 1. The fourth-order valence-electron chi connectivity index (χ4n) is 6.46. The van der Waals surface area contributed by atoms with Crippen molar-refractivity contribution in [3.8, 4) is 5.75 Å². The maximum Gasteiger partial charge on any atom is 0.226 e. The molecule has 0 aromatic heterocycles. The molecule has 2 unspecified atom stereocenters. The Labute approximate surface area is 198 Å². The Morgan fingerprint density at radius 2 is 2.03 bits per heavy atom. The van der Waals surface area contributed by atoms with Gasteiger partial charge in [0, 0.05) is 30.0 Å². The van der Waals surface area contributed by atoms with Crippen LogP contribution in [0.4, 0.5) is 0 Å². The van der Waals surface area contributed by atoms with Crippen LogP contribution < -0.4 is 10.1 Å². The van der Waals surface area contributed by atoms with Crippen molar-refractivity contribution in [3.05, 3.63) is 71.3 Å². The van der Waals surface area contributed by atoms with E-state index in [9.17, 15) is 4.79 Å². The predicted octanol–water partition coefficient (Wildman–Crippen LogP) is 5.18. The van der Waals surface area contributed by atoms with Crippen LogP contribution in [0.1, 0.15) is 56.2 Å². The molecule has 4 heteroatoms. The van der Waals surface area contributed by atoms with Crippen molar-refractivity contribution >= 4 is 12.0 Å². The zero-order chi connectivity index (χ0) is 23.1. The Kier molecular flexibility index (Phi) is 5.82. The molecular weight excluding hydrogens is 408 g/mol. The molecule has 2 fully saturated rings. The molecule has 4 atom stereocenters. The van der Waals surface area contributed by atoms with Gasteiger partial charge in [-0.1, -0.05) is 62.4 Å². The van der Waals surface area contributed by atoms with Gasteiger partial charge in [0.25, 0.3) is 0 Å². The monoisotopic (exact) mass is 444 g/mol. The van der Waals surface area contributed by atoms with E-state index in [1.54, 1.807) is 7.11 Å². The molecule has 3 aliphatic rings. The number of nitrogens with zero attached hydrogens (tertiary/aromatic N) is 1. The van der Waals surface area contributed by atoms with Crippen molar-refractivity contribution < 1.29 is 9.53 Å². The van der Waals surface area contributed by atoms with Gasteiger partial charge in [0.05, 0.1) is 7.11 Å². The summed E-state index contributed by atoms with van der Waals surface area (Å²) in [5, 5.41) is 3.19. The van der Waals surface area contributed by atoms with Gasteiger partial charge >= 0.3 is 0 Å². The van der Waals surface area contributed by atoms with Gasteiger partial charge < -0.3 is 10.1 Å². The van der Waals surface area contributed by atoms with Gasteiger partial charge in [0.1, 0.15) is 5.75 Å². The molecule has 1 heterocycles. The highest BCUT2D eigenvalue weighted by atomic mass is 16.5. The third-order valence-corrected chi connectivity index (χ3v) is 8.59. The van der Waals surface area contributed by atoms with E-state index in [-0.39, 0.29) is 16.7 Å². The van der Waals surface area contributed by atoms with E-state index >= 15 is 0 Å². The van der Waals surface area contributed by atoms with Crippen molar-refractivity contribution in [2.75, 3.05) is 20.2 Å². The number of allylic oxidation sites excluding steroid dienone is 1. The molecule has 1 amide bonds. The van der Waals surface area contributed by atoms with Gasteiger partial charge in [0.2, 0.25) is 5.91 Å². The van der Waals surface area contributed by atoms with Crippen LogP contribution in [0.25, 0.3) is 6.08 Å². The van der Waals surface area contributed by atoms with Crippen LogP contribution in [0.15, 0.2) is 54.6 Å². The van der Waals surface area contributed by atoms with Crippen LogP contribution in [0.2, 0.25) is 0 Å². The fourth-order valence-corrected chi connectivity index (χ4v) is 6.46. The van der Waals surface area contributed by atoms with E-state index < -0.39 is 0 Å². The molecule has 174 valence electrons. The maximum atomic E-state index is 13.2. The number of fused-ring (bicyclic) bond motifs is 2. The minimum Gasteiger partial charge on any atom is -0.497 e. The fraction of sp³-hybridized carbons (Fsp3) is 0.483. The first-order valence-corrected chi connectivity index (χ1v) is 12.4. The van der Waals surface area contributed by atoms with E-state index in [2.05, 4.69) is 60.5 Å². The topological polar surface area (TPSA) is 41.6 Å². The second kappa shape index (κ2) is 8.64. The lowest BCUT2D eigenvalue weighted by molar-refractivity contribution is -0.130. The number of nitrogens with one attached hydrogen (secondary N) is 1. The summed E-state index contributed by atoms with van der Waals surface area (Å²) in [5.41, 5.74) is 3.86. The SMILES string of the molecule is COc1cccc(CNC(=O)C2(C)CCC(N3CC[C@@]4(C=Cc5ccccc54)[C@@H](C)C3)C2)c1. The summed E-state index contributed by atoms with van der Waals surface area (Å²) in [6, 6.07) is 17.3. The summed E-state index contributed by atoms with van der Waals surface area (Å²) in [4.78, 5) is 15.8. The molecule has 2 aliphatic carbocycles. The number of carbonyl (C=O) groups excluding carboxylic acids is 1. The second-order valence-corrected chi connectivity index (χ2v) is 10.6. The molecule has 33 heavy (non-hydrogen) atoms. The number of carbonyl (C=O) groups is 1. The van der Waals surface area contributed by atoms with Crippen LogP contribution in [0, 0.1) is 11.3 Å². The Morgan fingerprint density at radius 3 is 2.85 bits per heavy atom. The molecule has 0 bridgehead atoms. The van der Waals surface area contributed by atoms with E-state index in [1.165, 1.54) is 11.1 Å². The number of rotatable bonds is 5. The first-order chi connectivity index (χ1) is 15.9. The quantitative estimate of drug-likeness (QED) is 0.691. The van der Waals surface area contributed by atoms with Gasteiger partial charge in [-0.15, -0.1) is 0 Å². The summed E-state index contributed by atoms with van der Waals surface area (Å²) >= 11 is 0. The minimum atomic E-state index is -0.290. The Balaban J connectivity index is 1.20. The standard InChI is InChI=1S/C29H36N2O2/c1-21-20-31(16-15-29(21)14-11-23-8-4-5-10-26(23)29)24-12-13-28(2,18-24)27(32)30-19-22-7-6-9-25(17-22)33-3/h4-11,14,17,21,24H,12-13,15-16,18-20H2,1-3H3,(H,30,32)/t21-,24?,28?,29-/m0/s1. The Morgan fingerprint density at radius 1 is 1.18 bits per heavy atom. The van der Waals surface area contributed by atoms with Gasteiger partial charge in [-0.2, -0.15) is 0 Å². The largest absolute Gasteiger partial charge is 0.497 e. The lowest BCUT2D eigenvalue weighted by Crippen LogP contribution is -2.50. The van der Waals surface area contributed by atoms with Gasteiger partial charge in [-0.25, -0.2) is 0 Å². The van der Waals surface area contributed by atoms with Crippen LogP contribution in [0.5, 0.6) is 5.75 Å². The van der Waals surface area contributed by atoms with Crippen molar-refractivity contribution in [1.82, 2.24) is 10.2 Å². The molecule has 0 radical (unpaired) electrons. The van der Waals surface area contributed by atoms with Crippen LogP contribution >= 0.6 is 0 Å². The van der Waals surface area contributed by atoms with Crippen molar-refractivity contribution in [3.63, 3.8) is 0 Å². The van der Waals surface area contributed by atoms with Crippen LogP contribution in [0.3, 0.4) is 0 Å². The Hall–Kier alpha value is -2.59. The minimum absolute atomic E-state index is 0.182. The average molecular weight is 445 g/mol. The van der Waals surface area contributed by atoms with Crippen molar-refractivity contribution in [1.29, 1.82) is 0 Å². The Bertz CT molecular complexity index is 1060. The summed E-state index contributed by atoms with van der Waals surface area (Å²) in [5.74, 6) is 1.58. The molecule has 4 nitrogen and oxygen atoms in total. The van der Waals surface area contributed by atoms with E-state index in [0.29, 0.717) is 18.5 Å². The van der Waals surface area contributed by atoms with E-state index in [1.807, 2.05) is 24.3 Å². The summed E-state index contributed by atoms with van der Waals surface area (Å²) < 4.78 is 5.30. The predicted molar refractivity (Wildman–Crippen MR) is 133 cm³/mol. The number of amides is 1. The molecule has 2 aromatic rings. The molecule has 1 saturated heterocycles. The van der Waals surface area contributed by atoms with Crippen molar-refractivity contribution in [2.45, 2.75) is 57.5 Å². The number of hydrogen-bond acceptors (Lipinski definition) is 3. The third kappa shape index (κ3) is 3.99. The number of ether oxygens (including phenoxy) is 1. The zero-order valence-corrected chi connectivity index (χ0v) is 20.1. The highest BCUT2D eigenvalue weighted by Crippen LogP contribution is 2.49. The van der Waals surface area contributed by atoms with Gasteiger partial charge in [-0.05, 0) is 67.0 Å². The first-order valence-electron chi connectivity index (χ1n) is 12.4. The van der Waals surface area contributed by atoms with E-state index in [0.717, 1.165) is 50.1 Å². The van der Waals surface area contributed by atoms with Gasteiger partial charge in [0.15, 0.2) is 0 Å². The first kappa shape index (κ1) is 22.2. The summed E-state index contributed by atoms with van der Waals surface area (Å²) in [6.07, 6.45) is 8.96. The molecular formula is C29H36N2O2. The lowest BCUT2D eigenvalue weighted by Gasteiger charge is -2.46. The number of hydrogen-bond donors (Lipinski definition) is 1. The number of piperidine rings is 1. The van der Waals surface area contributed by atoms with Crippen LogP contribution in [-0.4, -0.2) is 37.0 Å². The summed E-state index contributed by atoms with van der Waals surface area (Å²) in [7, 11) is 1.67. The molecule has 1 saturated carbocycles. The number of benzene rings is 2. The highest BCUT2D eigenvalue weighted by Gasteiger charge is 2.48. The van der Waals surface area contributed by atoms with E-state index in [4.69, 9.17) is 4.74 Å². The maximum absolute atomic E-state index is 13.2. The molecule has 2 aromatic carbocycles. The third-order valence-electron chi connectivity index (χ3n) is 8.59. The lowest BCUT2D eigenvalue weighted by atomic mass is 9.68. The zero-order valence-electron chi connectivity index (χ0n) is 20.1. The second-order valence-electron chi connectivity index (χ2n) is 10.6. The molecule has 1 spiro atoms. The normalized spacial score (nSPS) is 31.0.